The van der Waals surface area contributed by atoms with Crippen molar-refractivity contribution in [3.8, 4) is 17.1 Å². The quantitative estimate of drug-likeness (QED) is 0.723. The van der Waals surface area contributed by atoms with Crippen LogP contribution in [0.3, 0.4) is 0 Å². The fourth-order valence-electron chi connectivity index (χ4n) is 3.03. The molecule has 1 aliphatic heterocycles. The number of ether oxygens (including phenoxy) is 1. The van der Waals surface area contributed by atoms with E-state index in [-0.39, 0.29) is 12.5 Å². The molecule has 0 aliphatic carbocycles. The molecule has 7 heteroatoms. The van der Waals surface area contributed by atoms with Crippen molar-refractivity contribution in [1.29, 1.82) is 0 Å². The van der Waals surface area contributed by atoms with Crippen LogP contribution in [0.1, 0.15) is 24.3 Å². The largest absolute Gasteiger partial charge is 0.484 e. The number of aromatic nitrogens is 2. The Morgan fingerprint density at radius 3 is 2.78 bits per heavy atom. The molecule has 1 saturated heterocycles. The van der Waals surface area contributed by atoms with Crippen LogP contribution in [0.4, 0.5) is 5.69 Å². The monoisotopic (exact) mass is 364 g/mol. The van der Waals surface area contributed by atoms with E-state index in [2.05, 4.69) is 10.1 Å². The fraction of sp³-hybridized carbons (Fsp3) is 0.250. The van der Waals surface area contributed by atoms with Crippen LogP contribution in [-0.2, 0) is 17.9 Å². The molecule has 2 heterocycles. The summed E-state index contributed by atoms with van der Waals surface area (Å²) in [4.78, 5) is 18.0. The van der Waals surface area contributed by atoms with Gasteiger partial charge in [0.25, 0.3) is 5.89 Å². The summed E-state index contributed by atoms with van der Waals surface area (Å²) in [7, 11) is 0. The maximum Gasteiger partial charge on any atom is 0.264 e. The molecule has 7 nitrogen and oxygen atoms in total. The number of nitrogens with two attached hydrogens (primary N) is 1. The van der Waals surface area contributed by atoms with Crippen LogP contribution >= 0.6 is 0 Å². The SMILES string of the molecule is NCc1ccc(-c2noc(COc3cccc(N4CCCC4=O)c3)n2)cc1. The predicted molar refractivity (Wildman–Crippen MR) is 100.0 cm³/mol. The van der Waals surface area contributed by atoms with Crippen molar-refractivity contribution < 1.29 is 14.1 Å². The Bertz CT molecular complexity index is 936. The second-order valence-corrected chi connectivity index (χ2v) is 6.35. The second-order valence-electron chi connectivity index (χ2n) is 6.35. The van der Waals surface area contributed by atoms with Gasteiger partial charge in [-0.2, -0.15) is 4.98 Å². The maximum absolute atomic E-state index is 11.9. The Morgan fingerprint density at radius 2 is 2.04 bits per heavy atom. The highest BCUT2D eigenvalue weighted by atomic mass is 16.5. The molecular formula is C20H20N4O3. The number of amides is 1. The summed E-state index contributed by atoms with van der Waals surface area (Å²) in [5, 5.41) is 3.99. The third kappa shape index (κ3) is 3.83. The minimum Gasteiger partial charge on any atom is -0.484 e. The zero-order chi connectivity index (χ0) is 18.6. The standard InChI is InChI=1S/C20H20N4O3/c21-12-14-6-8-15(9-7-14)20-22-18(27-23-20)13-26-17-4-1-3-16(11-17)24-10-2-5-19(24)25/h1,3-4,6-9,11H,2,5,10,12-13,21H2. The third-order valence-corrected chi connectivity index (χ3v) is 4.48. The smallest absolute Gasteiger partial charge is 0.264 e. The molecule has 1 aromatic heterocycles. The molecule has 0 spiro atoms. The maximum atomic E-state index is 11.9. The first kappa shape index (κ1) is 17.2. The van der Waals surface area contributed by atoms with Gasteiger partial charge in [-0.3, -0.25) is 4.79 Å². The van der Waals surface area contributed by atoms with Gasteiger partial charge in [-0.1, -0.05) is 35.5 Å². The highest BCUT2D eigenvalue weighted by molar-refractivity contribution is 5.95. The van der Waals surface area contributed by atoms with Gasteiger partial charge in [-0.25, -0.2) is 0 Å². The molecule has 138 valence electrons. The molecule has 0 unspecified atom stereocenters. The van der Waals surface area contributed by atoms with E-state index in [1.165, 1.54) is 0 Å². The van der Waals surface area contributed by atoms with Crippen molar-refractivity contribution >= 4 is 11.6 Å². The topological polar surface area (TPSA) is 94.5 Å². The van der Waals surface area contributed by atoms with Gasteiger partial charge in [0, 0.05) is 36.8 Å². The Kier molecular flexibility index (Phi) is 4.84. The first-order chi connectivity index (χ1) is 13.2. The Hall–Kier alpha value is -3.19. The summed E-state index contributed by atoms with van der Waals surface area (Å²) in [6.45, 7) is 1.40. The van der Waals surface area contributed by atoms with Crippen LogP contribution in [0.5, 0.6) is 5.75 Å². The van der Waals surface area contributed by atoms with E-state index >= 15 is 0 Å². The van der Waals surface area contributed by atoms with Crippen LogP contribution in [0.2, 0.25) is 0 Å². The molecule has 1 aliphatic rings. The number of carbonyl (C=O) groups excluding carboxylic acids is 1. The van der Waals surface area contributed by atoms with Crippen LogP contribution in [0, 0.1) is 0 Å². The summed E-state index contributed by atoms with van der Waals surface area (Å²) in [5.74, 6) is 1.69. The van der Waals surface area contributed by atoms with Crippen molar-refractivity contribution in [2.24, 2.45) is 5.73 Å². The van der Waals surface area contributed by atoms with Gasteiger partial charge in [-0.15, -0.1) is 0 Å². The summed E-state index contributed by atoms with van der Waals surface area (Å²) < 4.78 is 11.0. The van der Waals surface area contributed by atoms with Crippen molar-refractivity contribution in [1.82, 2.24) is 10.1 Å². The summed E-state index contributed by atoms with van der Waals surface area (Å²) >= 11 is 0. The molecule has 2 N–H and O–H groups in total. The first-order valence-electron chi connectivity index (χ1n) is 8.88. The predicted octanol–water partition coefficient (Wildman–Crippen LogP) is 2.90. The normalized spacial score (nSPS) is 14.0. The van der Waals surface area contributed by atoms with Gasteiger partial charge in [0.15, 0.2) is 6.61 Å². The minimum atomic E-state index is 0.148. The highest BCUT2D eigenvalue weighted by Gasteiger charge is 2.21. The van der Waals surface area contributed by atoms with E-state index in [0.717, 1.165) is 29.8 Å². The van der Waals surface area contributed by atoms with Crippen LogP contribution < -0.4 is 15.4 Å². The third-order valence-electron chi connectivity index (χ3n) is 4.48. The number of hydrogen-bond acceptors (Lipinski definition) is 6. The van der Waals surface area contributed by atoms with Crippen molar-refractivity contribution in [2.75, 3.05) is 11.4 Å². The average molecular weight is 364 g/mol. The lowest BCUT2D eigenvalue weighted by Crippen LogP contribution is -2.23. The summed E-state index contributed by atoms with van der Waals surface area (Å²) in [5.41, 5.74) is 8.36. The number of rotatable bonds is 6. The summed E-state index contributed by atoms with van der Waals surface area (Å²) in [6.07, 6.45) is 1.49. The van der Waals surface area contributed by atoms with Gasteiger partial charge in [0.05, 0.1) is 0 Å². The Balaban J connectivity index is 1.42. The highest BCUT2D eigenvalue weighted by Crippen LogP contribution is 2.26. The number of nitrogens with zero attached hydrogens (tertiary/aromatic N) is 3. The van der Waals surface area contributed by atoms with Crippen molar-refractivity contribution in [2.45, 2.75) is 26.0 Å². The van der Waals surface area contributed by atoms with E-state index in [9.17, 15) is 4.79 Å². The number of hydrogen-bond donors (Lipinski definition) is 1. The molecule has 0 atom stereocenters. The lowest BCUT2D eigenvalue weighted by Gasteiger charge is -2.16. The second kappa shape index (κ2) is 7.59. The molecule has 1 fully saturated rings. The van der Waals surface area contributed by atoms with Crippen LogP contribution in [-0.4, -0.2) is 22.6 Å². The number of carbonyl (C=O) groups is 1. The molecule has 0 bridgehead atoms. The average Bonchev–Trinajstić information content (AvgIpc) is 3.36. The molecule has 0 saturated carbocycles. The lowest BCUT2D eigenvalue weighted by molar-refractivity contribution is -0.117. The molecule has 3 aromatic rings. The van der Waals surface area contributed by atoms with E-state index in [1.807, 2.05) is 48.5 Å². The molecule has 27 heavy (non-hydrogen) atoms. The van der Waals surface area contributed by atoms with E-state index in [1.54, 1.807) is 4.90 Å². The lowest BCUT2D eigenvalue weighted by atomic mass is 10.1. The van der Waals surface area contributed by atoms with E-state index < -0.39 is 0 Å². The van der Waals surface area contributed by atoms with Gasteiger partial charge in [0.1, 0.15) is 5.75 Å². The summed E-state index contributed by atoms with van der Waals surface area (Å²) in [6, 6.07) is 15.2. The number of anilines is 1. The van der Waals surface area contributed by atoms with Crippen LogP contribution in [0.15, 0.2) is 53.1 Å². The van der Waals surface area contributed by atoms with Gasteiger partial charge in [-0.05, 0) is 24.1 Å². The van der Waals surface area contributed by atoms with Crippen molar-refractivity contribution in [3.05, 3.63) is 60.0 Å². The van der Waals surface area contributed by atoms with Crippen molar-refractivity contribution in [3.63, 3.8) is 0 Å². The Morgan fingerprint density at radius 1 is 1.19 bits per heavy atom. The zero-order valence-corrected chi connectivity index (χ0v) is 14.8. The van der Waals surface area contributed by atoms with Gasteiger partial charge in [0.2, 0.25) is 11.7 Å². The Labute approximate surface area is 156 Å². The minimum absolute atomic E-state index is 0.148. The van der Waals surface area contributed by atoms with E-state index in [0.29, 0.717) is 30.4 Å². The zero-order valence-electron chi connectivity index (χ0n) is 14.8. The van der Waals surface area contributed by atoms with Gasteiger partial charge < -0.3 is 19.9 Å². The molecule has 2 aromatic carbocycles. The molecule has 0 radical (unpaired) electrons. The first-order valence-corrected chi connectivity index (χ1v) is 8.88. The van der Waals surface area contributed by atoms with Crippen LogP contribution in [0.25, 0.3) is 11.4 Å². The number of benzene rings is 2. The molecular weight excluding hydrogens is 344 g/mol. The molecule has 1 amide bonds. The molecule has 4 rings (SSSR count). The van der Waals surface area contributed by atoms with E-state index in [4.69, 9.17) is 15.0 Å². The van der Waals surface area contributed by atoms with Gasteiger partial charge >= 0.3 is 0 Å². The fourth-order valence-corrected chi connectivity index (χ4v) is 3.03.